The molecule has 1 aliphatic rings. The number of hydrogen-bond acceptors (Lipinski definition) is 3. The van der Waals surface area contributed by atoms with E-state index < -0.39 is 5.91 Å². The molecule has 1 aliphatic heterocycles. The third-order valence-electron chi connectivity index (χ3n) is 3.06. The second kappa shape index (κ2) is 5.64. The van der Waals surface area contributed by atoms with Gasteiger partial charge in [-0.15, -0.1) is 0 Å². The second-order valence-corrected chi connectivity index (χ2v) is 4.46. The zero-order valence-corrected chi connectivity index (χ0v) is 10.1. The predicted octanol–water partition coefficient (Wildman–Crippen LogP) is -0.194. The Labute approximate surface area is 106 Å². The molecule has 2 amide bonds. The molecule has 18 heavy (non-hydrogen) atoms. The van der Waals surface area contributed by atoms with Crippen LogP contribution in [0, 0.1) is 0 Å². The van der Waals surface area contributed by atoms with Crippen molar-refractivity contribution in [2.24, 2.45) is 5.73 Å². The van der Waals surface area contributed by atoms with Gasteiger partial charge >= 0.3 is 0 Å². The van der Waals surface area contributed by atoms with Crippen LogP contribution in [0.5, 0.6) is 0 Å². The normalized spacial score (nSPS) is 18.6. The Kier molecular flexibility index (Phi) is 3.94. The van der Waals surface area contributed by atoms with Crippen molar-refractivity contribution in [2.75, 3.05) is 13.1 Å². The molecule has 1 aromatic carbocycles. The van der Waals surface area contributed by atoms with Crippen molar-refractivity contribution >= 4 is 11.8 Å². The van der Waals surface area contributed by atoms with Gasteiger partial charge in [0.25, 0.3) is 0 Å². The molecule has 0 aromatic heterocycles. The number of amides is 2. The van der Waals surface area contributed by atoms with Gasteiger partial charge in [0.05, 0.1) is 6.42 Å². The number of benzene rings is 1. The highest BCUT2D eigenvalue weighted by Gasteiger charge is 2.17. The van der Waals surface area contributed by atoms with Gasteiger partial charge in [-0.25, -0.2) is 0 Å². The highest BCUT2D eigenvalue weighted by molar-refractivity contribution is 5.95. The molecule has 1 atom stereocenters. The lowest BCUT2D eigenvalue weighted by Crippen LogP contribution is -2.37. The molecule has 0 aliphatic carbocycles. The van der Waals surface area contributed by atoms with E-state index in [0.717, 1.165) is 19.5 Å². The largest absolute Gasteiger partial charge is 0.366 e. The summed E-state index contributed by atoms with van der Waals surface area (Å²) in [4.78, 5) is 23.1. The standard InChI is InChI=1S/C13H17N3O2/c14-13(18)11-4-2-1-3-9(11)7-12(17)16-10-5-6-15-8-10/h1-4,10,15H,5-8H2,(H2,14,18)(H,16,17). The number of rotatable bonds is 4. The summed E-state index contributed by atoms with van der Waals surface area (Å²) in [5.41, 5.74) is 6.36. The second-order valence-electron chi connectivity index (χ2n) is 4.46. The minimum atomic E-state index is -0.499. The van der Waals surface area contributed by atoms with Crippen LogP contribution in [0.4, 0.5) is 0 Å². The molecule has 1 heterocycles. The molecule has 1 saturated heterocycles. The number of carbonyl (C=O) groups is 2. The average molecular weight is 247 g/mol. The lowest BCUT2D eigenvalue weighted by molar-refractivity contribution is -0.121. The van der Waals surface area contributed by atoms with Crippen molar-refractivity contribution < 1.29 is 9.59 Å². The summed E-state index contributed by atoms with van der Waals surface area (Å²) >= 11 is 0. The van der Waals surface area contributed by atoms with Crippen molar-refractivity contribution in [1.82, 2.24) is 10.6 Å². The van der Waals surface area contributed by atoms with E-state index in [1.54, 1.807) is 24.3 Å². The highest BCUT2D eigenvalue weighted by atomic mass is 16.2. The van der Waals surface area contributed by atoms with Crippen molar-refractivity contribution in [1.29, 1.82) is 0 Å². The molecule has 4 N–H and O–H groups in total. The molecule has 0 radical (unpaired) electrons. The third-order valence-corrected chi connectivity index (χ3v) is 3.06. The molecule has 5 nitrogen and oxygen atoms in total. The Balaban J connectivity index is 2.00. The molecule has 0 saturated carbocycles. The van der Waals surface area contributed by atoms with Gasteiger partial charge in [-0.2, -0.15) is 0 Å². The summed E-state index contributed by atoms with van der Waals surface area (Å²) in [6.07, 6.45) is 1.14. The molecular weight excluding hydrogens is 230 g/mol. The molecule has 1 unspecified atom stereocenters. The summed E-state index contributed by atoms with van der Waals surface area (Å²) < 4.78 is 0. The summed E-state index contributed by atoms with van der Waals surface area (Å²) in [5, 5.41) is 6.12. The van der Waals surface area contributed by atoms with E-state index in [4.69, 9.17) is 5.73 Å². The molecule has 0 bridgehead atoms. The van der Waals surface area contributed by atoms with Gasteiger partial charge in [-0.3, -0.25) is 9.59 Å². The Morgan fingerprint density at radius 1 is 1.39 bits per heavy atom. The molecular formula is C13H17N3O2. The maximum Gasteiger partial charge on any atom is 0.248 e. The summed E-state index contributed by atoms with van der Waals surface area (Å²) in [5.74, 6) is -0.571. The molecule has 5 heteroatoms. The summed E-state index contributed by atoms with van der Waals surface area (Å²) in [7, 11) is 0. The number of primary amides is 1. The number of carbonyl (C=O) groups excluding carboxylic acids is 2. The van der Waals surface area contributed by atoms with Crippen molar-refractivity contribution in [3.8, 4) is 0 Å². The maximum atomic E-state index is 11.9. The van der Waals surface area contributed by atoms with E-state index in [2.05, 4.69) is 10.6 Å². The lowest BCUT2D eigenvalue weighted by Gasteiger charge is -2.12. The van der Waals surface area contributed by atoms with E-state index in [1.165, 1.54) is 0 Å². The fourth-order valence-corrected chi connectivity index (χ4v) is 2.14. The molecule has 2 rings (SSSR count). The van der Waals surface area contributed by atoms with Gasteiger partial charge in [0, 0.05) is 18.2 Å². The van der Waals surface area contributed by atoms with E-state index in [-0.39, 0.29) is 18.4 Å². The van der Waals surface area contributed by atoms with Crippen molar-refractivity contribution in [2.45, 2.75) is 18.9 Å². The first-order valence-corrected chi connectivity index (χ1v) is 6.04. The number of nitrogens with two attached hydrogens (primary N) is 1. The summed E-state index contributed by atoms with van der Waals surface area (Å²) in [6.45, 7) is 1.74. The Morgan fingerprint density at radius 3 is 2.83 bits per heavy atom. The zero-order chi connectivity index (χ0) is 13.0. The minimum Gasteiger partial charge on any atom is -0.366 e. The first-order valence-electron chi connectivity index (χ1n) is 6.04. The fraction of sp³-hybridized carbons (Fsp3) is 0.385. The van der Waals surface area contributed by atoms with Crippen LogP contribution >= 0.6 is 0 Å². The number of hydrogen-bond donors (Lipinski definition) is 3. The smallest absolute Gasteiger partial charge is 0.248 e. The van der Waals surface area contributed by atoms with Crippen LogP contribution in [0.15, 0.2) is 24.3 Å². The maximum absolute atomic E-state index is 11.9. The van der Waals surface area contributed by atoms with Crippen LogP contribution in [0.2, 0.25) is 0 Å². The van der Waals surface area contributed by atoms with Gasteiger partial charge in [-0.1, -0.05) is 18.2 Å². The van der Waals surface area contributed by atoms with Gasteiger partial charge in [0.15, 0.2) is 0 Å². The van der Waals surface area contributed by atoms with E-state index in [9.17, 15) is 9.59 Å². The predicted molar refractivity (Wildman–Crippen MR) is 68.1 cm³/mol. The monoisotopic (exact) mass is 247 g/mol. The van der Waals surface area contributed by atoms with Crippen LogP contribution in [0.3, 0.4) is 0 Å². The third kappa shape index (κ3) is 3.07. The van der Waals surface area contributed by atoms with Gasteiger partial charge in [0.2, 0.25) is 11.8 Å². The van der Waals surface area contributed by atoms with E-state index >= 15 is 0 Å². The van der Waals surface area contributed by atoms with Gasteiger partial charge in [0.1, 0.15) is 0 Å². The zero-order valence-electron chi connectivity index (χ0n) is 10.1. The molecule has 0 spiro atoms. The Hall–Kier alpha value is -1.88. The first-order chi connectivity index (χ1) is 8.66. The van der Waals surface area contributed by atoms with Crippen molar-refractivity contribution in [3.05, 3.63) is 35.4 Å². The Bertz CT molecular complexity index is 453. The van der Waals surface area contributed by atoms with Crippen LogP contribution in [-0.2, 0) is 11.2 Å². The average Bonchev–Trinajstić information content (AvgIpc) is 2.82. The van der Waals surface area contributed by atoms with Crippen LogP contribution in [0.1, 0.15) is 22.3 Å². The Morgan fingerprint density at radius 2 is 2.17 bits per heavy atom. The quantitative estimate of drug-likeness (QED) is 0.689. The lowest BCUT2D eigenvalue weighted by atomic mass is 10.0. The minimum absolute atomic E-state index is 0.0719. The molecule has 1 aromatic rings. The summed E-state index contributed by atoms with van der Waals surface area (Å²) in [6, 6.07) is 7.13. The first kappa shape index (κ1) is 12.6. The van der Waals surface area contributed by atoms with E-state index in [1.807, 2.05) is 0 Å². The van der Waals surface area contributed by atoms with Crippen LogP contribution in [0.25, 0.3) is 0 Å². The fourth-order valence-electron chi connectivity index (χ4n) is 2.14. The number of nitrogens with one attached hydrogen (secondary N) is 2. The SMILES string of the molecule is NC(=O)c1ccccc1CC(=O)NC1CCNC1. The molecule has 1 fully saturated rings. The van der Waals surface area contributed by atoms with Crippen LogP contribution in [-0.4, -0.2) is 30.9 Å². The van der Waals surface area contributed by atoms with Gasteiger partial charge < -0.3 is 16.4 Å². The van der Waals surface area contributed by atoms with Crippen LogP contribution < -0.4 is 16.4 Å². The molecule has 96 valence electrons. The van der Waals surface area contributed by atoms with Crippen molar-refractivity contribution in [3.63, 3.8) is 0 Å². The van der Waals surface area contributed by atoms with Gasteiger partial charge in [-0.05, 0) is 24.6 Å². The van der Waals surface area contributed by atoms with E-state index in [0.29, 0.717) is 11.1 Å². The highest BCUT2D eigenvalue weighted by Crippen LogP contribution is 2.09. The topological polar surface area (TPSA) is 84.2 Å².